The molecule has 0 fully saturated rings. The number of hydrogen-bond donors (Lipinski definition) is 1. The fraction of sp³-hybridized carbons (Fsp3) is 0.619. The first-order valence-corrected chi connectivity index (χ1v) is 9.35. The van der Waals surface area contributed by atoms with Gasteiger partial charge in [-0.1, -0.05) is 30.3 Å². The SMILES string of the molecule is CC(C)(C)OC(=O)COC[C@H](COCc1ccccc1)NC(=O)OC(C)(C)C. The van der Waals surface area contributed by atoms with Crippen molar-refractivity contribution >= 4 is 12.1 Å². The number of amides is 1. The van der Waals surface area contributed by atoms with Crippen LogP contribution in [0.1, 0.15) is 47.1 Å². The van der Waals surface area contributed by atoms with Gasteiger partial charge in [0.2, 0.25) is 0 Å². The average Bonchev–Trinajstić information content (AvgIpc) is 2.52. The summed E-state index contributed by atoms with van der Waals surface area (Å²) in [4.78, 5) is 23.8. The van der Waals surface area contributed by atoms with Gasteiger partial charge < -0.3 is 24.3 Å². The Balaban J connectivity index is 2.51. The second-order valence-electron chi connectivity index (χ2n) is 8.45. The van der Waals surface area contributed by atoms with Crippen molar-refractivity contribution in [2.45, 2.75) is 65.4 Å². The van der Waals surface area contributed by atoms with E-state index in [-0.39, 0.29) is 19.8 Å². The van der Waals surface area contributed by atoms with E-state index in [0.717, 1.165) is 5.56 Å². The second-order valence-corrected chi connectivity index (χ2v) is 8.45. The molecule has 0 bridgehead atoms. The number of alkyl carbamates (subject to hydrolysis) is 1. The van der Waals surface area contributed by atoms with Gasteiger partial charge >= 0.3 is 12.1 Å². The van der Waals surface area contributed by atoms with E-state index < -0.39 is 29.3 Å². The van der Waals surface area contributed by atoms with Crippen molar-refractivity contribution in [3.63, 3.8) is 0 Å². The fourth-order valence-electron chi connectivity index (χ4n) is 2.15. The minimum atomic E-state index is -0.614. The van der Waals surface area contributed by atoms with E-state index in [0.29, 0.717) is 6.61 Å². The highest BCUT2D eigenvalue weighted by Gasteiger charge is 2.21. The molecule has 0 saturated heterocycles. The van der Waals surface area contributed by atoms with Crippen LogP contribution < -0.4 is 5.32 Å². The molecule has 0 aliphatic heterocycles. The number of benzene rings is 1. The molecule has 0 unspecified atom stereocenters. The molecule has 158 valence electrons. The molecule has 7 nitrogen and oxygen atoms in total. The number of ether oxygens (including phenoxy) is 4. The molecule has 7 heteroatoms. The summed E-state index contributed by atoms with van der Waals surface area (Å²) in [6.07, 6.45) is -0.568. The Hall–Kier alpha value is -2.12. The van der Waals surface area contributed by atoms with Crippen LogP contribution >= 0.6 is 0 Å². The lowest BCUT2D eigenvalue weighted by Crippen LogP contribution is -2.44. The maximum absolute atomic E-state index is 12.1. The third-order valence-corrected chi connectivity index (χ3v) is 3.11. The highest BCUT2D eigenvalue weighted by molar-refractivity contribution is 5.71. The lowest BCUT2D eigenvalue weighted by atomic mass is 10.2. The van der Waals surface area contributed by atoms with E-state index in [4.69, 9.17) is 18.9 Å². The van der Waals surface area contributed by atoms with E-state index >= 15 is 0 Å². The van der Waals surface area contributed by atoms with Gasteiger partial charge in [0.1, 0.15) is 17.8 Å². The number of esters is 1. The monoisotopic (exact) mass is 395 g/mol. The number of carbonyl (C=O) groups excluding carboxylic acids is 2. The Bertz CT molecular complexity index is 604. The van der Waals surface area contributed by atoms with Crippen molar-refractivity contribution in [2.24, 2.45) is 0 Å². The molecule has 1 atom stereocenters. The van der Waals surface area contributed by atoms with E-state index in [2.05, 4.69) is 5.32 Å². The molecule has 1 aromatic carbocycles. The van der Waals surface area contributed by atoms with Crippen molar-refractivity contribution in [3.05, 3.63) is 35.9 Å². The lowest BCUT2D eigenvalue weighted by molar-refractivity contribution is -0.160. The molecule has 0 spiro atoms. The normalized spacial score (nSPS) is 12.9. The quantitative estimate of drug-likeness (QED) is 0.645. The van der Waals surface area contributed by atoms with Crippen LogP contribution in [0.25, 0.3) is 0 Å². The zero-order chi connectivity index (χ0) is 21.2. The number of hydrogen-bond acceptors (Lipinski definition) is 6. The van der Waals surface area contributed by atoms with E-state index in [1.54, 1.807) is 41.5 Å². The predicted octanol–water partition coefficient (Wildman–Crippen LogP) is 3.45. The Morgan fingerprint density at radius 1 is 0.893 bits per heavy atom. The summed E-state index contributed by atoms with van der Waals surface area (Å²) in [5, 5.41) is 2.72. The summed E-state index contributed by atoms with van der Waals surface area (Å²) in [6.45, 7) is 11.2. The van der Waals surface area contributed by atoms with Gasteiger partial charge in [-0.05, 0) is 47.1 Å². The number of nitrogens with one attached hydrogen (secondary N) is 1. The molecule has 1 aromatic rings. The van der Waals surface area contributed by atoms with Gasteiger partial charge in [0.05, 0.1) is 25.9 Å². The highest BCUT2D eigenvalue weighted by atomic mass is 16.6. The minimum absolute atomic E-state index is 0.0906. The lowest BCUT2D eigenvalue weighted by Gasteiger charge is -2.24. The topological polar surface area (TPSA) is 83.1 Å². The first kappa shape index (κ1) is 23.9. The van der Waals surface area contributed by atoms with Crippen molar-refractivity contribution in [2.75, 3.05) is 19.8 Å². The van der Waals surface area contributed by atoms with Crippen LogP contribution in [0, 0.1) is 0 Å². The third kappa shape index (κ3) is 12.3. The van der Waals surface area contributed by atoms with Crippen LogP contribution in [-0.4, -0.2) is 49.1 Å². The van der Waals surface area contributed by atoms with Crippen LogP contribution in [0.4, 0.5) is 4.79 Å². The molecule has 0 aliphatic rings. The molecule has 0 radical (unpaired) electrons. The first-order chi connectivity index (χ1) is 12.9. The first-order valence-electron chi connectivity index (χ1n) is 9.35. The largest absolute Gasteiger partial charge is 0.458 e. The second kappa shape index (κ2) is 11.0. The van der Waals surface area contributed by atoms with Crippen LogP contribution in [0.3, 0.4) is 0 Å². The zero-order valence-corrected chi connectivity index (χ0v) is 17.7. The van der Waals surface area contributed by atoms with Gasteiger partial charge in [0.25, 0.3) is 0 Å². The van der Waals surface area contributed by atoms with Crippen LogP contribution in [0.5, 0.6) is 0 Å². The summed E-state index contributed by atoms with van der Waals surface area (Å²) >= 11 is 0. The van der Waals surface area contributed by atoms with Crippen molar-refractivity contribution in [1.29, 1.82) is 0 Å². The summed E-state index contributed by atoms with van der Waals surface area (Å²) < 4.78 is 21.6. The third-order valence-electron chi connectivity index (χ3n) is 3.11. The molecule has 0 aliphatic carbocycles. The standard InChI is InChI=1S/C21H33NO6/c1-20(2,3)27-18(23)15-26-14-17(22-19(24)28-21(4,5)6)13-25-12-16-10-8-7-9-11-16/h7-11,17H,12-15H2,1-6H3,(H,22,24)/t17-/m0/s1. The van der Waals surface area contributed by atoms with E-state index in [9.17, 15) is 9.59 Å². The van der Waals surface area contributed by atoms with Gasteiger partial charge in [-0.3, -0.25) is 0 Å². The molecule has 0 saturated carbocycles. The van der Waals surface area contributed by atoms with E-state index in [1.165, 1.54) is 0 Å². The molecule has 1 N–H and O–H groups in total. The maximum atomic E-state index is 12.1. The smallest absolute Gasteiger partial charge is 0.408 e. The van der Waals surface area contributed by atoms with Crippen molar-refractivity contribution < 1.29 is 28.5 Å². The summed E-state index contributed by atoms with van der Waals surface area (Å²) in [5.41, 5.74) is -0.169. The predicted molar refractivity (Wildman–Crippen MR) is 106 cm³/mol. The number of rotatable bonds is 9. The van der Waals surface area contributed by atoms with Gasteiger partial charge in [0.15, 0.2) is 0 Å². The molecule has 28 heavy (non-hydrogen) atoms. The van der Waals surface area contributed by atoms with Crippen molar-refractivity contribution in [1.82, 2.24) is 5.32 Å². The Morgan fingerprint density at radius 2 is 1.46 bits per heavy atom. The number of carbonyl (C=O) groups is 2. The van der Waals surface area contributed by atoms with Gasteiger partial charge in [0, 0.05) is 0 Å². The molecule has 0 heterocycles. The van der Waals surface area contributed by atoms with E-state index in [1.807, 2.05) is 30.3 Å². The molecule has 1 rings (SSSR count). The molecule has 1 amide bonds. The van der Waals surface area contributed by atoms with Crippen LogP contribution in [0.2, 0.25) is 0 Å². The van der Waals surface area contributed by atoms with Crippen LogP contribution in [0.15, 0.2) is 30.3 Å². The molecular formula is C21H33NO6. The highest BCUT2D eigenvalue weighted by Crippen LogP contribution is 2.08. The molecular weight excluding hydrogens is 362 g/mol. The average molecular weight is 395 g/mol. The Labute approximate surface area is 167 Å². The van der Waals surface area contributed by atoms with Gasteiger partial charge in [-0.25, -0.2) is 9.59 Å². The molecule has 0 aromatic heterocycles. The summed E-state index contributed by atoms with van der Waals surface area (Å²) in [6, 6.07) is 9.23. The summed E-state index contributed by atoms with van der Waals surface area (Å²) in [7, 11) is 0. The van der Waals surface area contributed by atoms with Crippen molar-refractivity contribution in [3.8, 4) is 0 Å². The minimum Gasteiger partial charge on any atom is -0.458 e. The van der Waals surface area contributed by atoms with Crippen LogP contribution in [-0.2, 0) is 30.3 Å². The fourth-order valence-corrected chi connectivity index (χ4v) is 2.15. The Morgan fingerprint density at radius 3 is 2.04 bits per heavy atom. The van der Waals surface area contributed by atoms with Gasteiger partial charge in [-0.2, -0.15) is 0 Å². The van der Waals surface area contributed by atoms with Gasteiger partial charge in [-0.15, -0.1) is 0 Å². The zero-order valence-electron chi connectivity index (χ0n) is 17.7. The Kier molecular flexibility index (Phi) is 9.41. The summed E-state index contributed by atoms with van der Waals surface area (Å²) in [5.74, 6) is -0.464. The maximum Gasteiger partial charge on any atom is 0.408 e.